The molecule has 0 saturated carbocycles. The van der Waals surface area contributed by atoms with E-state index in [9.17, 15) is 25.6 Å². The van der Waals surface area contributed by atoms with Crippen LogP contribution in [0.1, 0.15) is 0 Å². The third kappa shape index (κ3) is 5.76. The number of anilines is 2. The fraction of sp³-hybridized carbons (Fsp3) is 0. The maximum absolute atomic E-state index is 13.8. The summed E-state index contributed by atoms with van der Waals surface area (Å²) in [4.78, 5) is -0.206. The van der Waals surface area contributed by atoms with Crippen molar-refractivity contribution in [1.82, 2.24) is 0 Å². The van der Waals surface area contributed by atoms with Crippen molar-refractivity contribution in [2.45, 2.75) is 9.79 Å². The van der Waals surface area contributed by atoms with Gasteiger partial charge in [0.2, 0.25) is 0 Å². The summed E-state index contributed by atoms with van der Waals surface area (Å²) >= 11 is 0. The summed E-state index contributed by atoms with van der Waals surface area (Å²) in [6, 6.07) is 21.6. The number of rotatable bonds is 8. The minimum Gasteiger partial charge on any atom is -0.457 e. The van der Waals surface area contributed by atoms with Crippen LogP contribution in [-0.4, -0.2) is 16.8 Å². The molecular weight excluding hydrogens is 498 g/mol. The number of hydrogen-bond donors (Lipinski definition) is 2. The lowest BCUT2D eigenvalue weighted by molar-refractivity contribution is 0.481. The van der Waals surface area contributed by atoms with Crippen molar-refractivity contribution < 1.29 is 30.4 Å². The Labute approximate surface area is 201 Å². The molecule has 0 bridgehead atoms. The first-order chi connectivity index (χ1) is 16.6. The van der Waals surface area contributed by atoms with Gasteiger partial charge in [-0.2, -0.15) is 0 Å². The van der Waals surface area contributed by atoms with Crippen LogP contribution in [-0.2, 0) is 20.0 Å². The summed E-state index contributed by atoms with van der Waals surface area (Å²) in [6.07, 6.45) is 0. The van der Waals surface area contributed by atoms with E-state index in [2.05, 4.69) is 9.44 Å². The second-order valence-electron chi connectivity index (χ2n) is 7.22. The Morgan fingerprint density at radius 2 is 0.857 bits per heavy atom. The van der Waals surface area contributed by atoms with Gasteiger partial charge in [-0.05, 0) is 72.8 Å². The fourth-order valence-corrected chi connectivity index (χ4v) is 5.14. The van der Waals surface area contributed by atoms with E-state index >= 15 is 0 Å². The van der Waals surface area contributed by atoms with Crippen molar-refractivity contribution in [3.63, 3.8) is 0 Å². The molecule has 0 spiro atoms. The highest BCUT2D eigenvalue weighted by molar-refractivity contribution is 7.93. The van der Waals surface area contributed by atoms with E-state index in [1.165, 1.54) is 84.9 Å². The predicted octanol–water partition coefficient (Wildman–Crippen LogP) is 5.36. The third-order valence-corrected chi connectivity index (χ3v) is 7.50. The fourth-order valence-electron chi connectivity index (χ4n) is 3.01. The second kappa shape index (κ2) is 9.72. The molecule has 180 valence electrons. The zero-order chi connectivity index (χ0) is 25.1. The Hall–Kier alpha value is -3.96. The van der Waals surface area contributed by atoms with Crippen LogP contribution in [0.2, 0.25) is 0 Å². The summed E-state index contributed by atoms with van der Waals surface area (Å²) in [5.74, 6) is -0.832. The van der Waals surface area contributed by atoms with E-state index < -0.39 is 31.7 Å². The molecule has 35 heavy (non-hydrogen) atoms. The topological polar surface area (TPSA) is 102 Å². The van der Waals surface area contributed by atoms with E-state index in [0.29, 0.717) is 0 Å². The van der Waals surface area contributed by atoms with Crippen LogP contribution in [0.25, 0.3) is 0 Å². The van der Waals surface area contributed by atoms with E-state index in [-0.39, 0.29) is 32.7 Å². The van der Waals surface area contributed by atoms with Crippen LogP contribution in [0.15, 0.2) is 107 Å². The maximum atomic E-state index is 13.8. The molecule has 4 rings (SSSR count). The number of ether oxygens (including phenoxy) is 1. The molecular formula is C24H18F2N2O5S2. The van der Waals surface area contributed by atoms with Crippen molar-refractivity contribution >= 4 is 31.4 Å². The highest BCUT2D eigenvalue weighted by Crippen LogP contribution is 2.26. The third-order valence-electron chi connectivity index (χ3n) is 4.74. The first kappa shape index (κ1) is 24.2. The standard InChI is InChI=1S/C24H18F2N2O5S2/c25-21-5-1-3-7-23(21)27-34(29,30)19-13-9-17(10-14-19)33-18-11-15-20(16-12-18)35(31,32)28-24-8-4-2-6-22(24)26/h1-16,27-28H. The van der Waals surface area contributed by atoms with Crippen molar-refractivity contribution in [2.24, 2.45) is 0 Å². The molecule has 0 saturated heterocycles. The quantitative estimate of drug-likeness (QED) is 0.328. The van der Waals surface area contributed by atoms with Gasteiger partial charge in [-0.1, -0.05) is 24.3 Å². The zero-order valence-corrected chi connectivity index (χ0v) is 19.5. The Balaban J connectivity index is 1.44. The molecule has 4 aromatic carbocycles. The SMILES string of the molecule is O=S(=O)(Nc1ccccc1F)c1ccc(Oc2ccc(S(=O)(=O)Nc3ccccc3F)cc2)cc1. The average molecular weight is 517 g/mol. The lowest BCUT2D eigenvalue weighted by Crippen LogP contribution is -2.14. The summed E-state index contributed by atoms with van der Waals surface area (Å²) in [6.45, 7) is 0. The van der Waals surface area contributed by atoms with Crippen molar-refractivity contribution in [1.29, 1.82) is 0 Å². The van der Waals surface area contributed by atoms with Gasteiger partial charge in [0.05, 0.1) is 21.2 Å². The first-order valence-electron chi connectivity index (χ1n) is 10.1. The van der Waals surface area contributed by atoms with E-state index in [1.54, 1.807) is 0 Å². The van der Waals surface area contributed by atoms with Crippen LogP contribution < -0.4 is 14.2 Å². The lowest BCUT2D eigenvalue weighted by atomic mass is 10.3. The summed E-state index contributed by atoms with van der Waals surface area (Å²) in [5.41, 5.74) is -0.347. The highest BCUT2D eigenvalue weighted by atomic mass is 32.2. The second-order valence-corrected chi connectivity index (χ2v) is 10.6. The van der Waals surface area contributed by atoms with Gasteiger partial charge >= 0.3 is 0 Å². The zero-order valence-electron chi connectivity index (χ0n) is 17.9. The van der Waals surface area contributed by atoms with Crippen LogP contribution in [0.5, 0.6) is 11.5 Å². The highest BCUT2D eigenvalue weighted by Gasteiger charge is 2.18. The van der Waals surface area contributed by atoms with Gasteiger partial charge in [-0.3, -0.25) is 9.44 Å². The number of benzene rings is 4. The molecule has 11 heteroatoms. The summed E-state index contributed by atoms with van der Waals surface area (Å²) in [5, 5.41) is 0. The predicted molar refractivity (Wildman–Crippen MR) is 127 cm³/mol. The molecule has 2 N–H and O–H groups in total. The number of nitrogens with one attached hydrogen (secondary N) is 2. The molecule has 0 amide bonds. The van der Waals surface area contributed by atoms with Gasteiger partial charge in [-0.25, -0.2) is 25.6 Å². The van der Waals surface area contributed by atoms with Gasteiger partial charge < -0.3 is 4.74 Å². The molecule has 0 aliphatic rings. The first-order valence-corrected chi connectivity index (χ1v) is 13.0. The van der Waals surface area contributed by atoms with Gasteiger partial charge in [0.25, 0.3) is 20.0 Å². The maximum Gasteiger partial charge on any atom is 0.261 e. The van der Waals surface area contributed by atoms with E-state index in [4.69, 9.17) is 4.74 Å². The largest absolute Gasteiger partial charge is 0.457 e. The molecule has 0 radical (unpaired) electrons. The Bertz CT molecular complexity index is 1440. The molecule has 7 nitrogen and oxygen atoms in total. The molecule has 0 fully saturated rings. The molecule has 0 atom stereocenters. The number of para-hydroxylation sites is 2. The normalized spacial score (nSPS) is 11.6. The number of sulfonamides is 2. The van der Waals surface area contributed by atoms with Crippen molar-refractivity contribution in [3.8, 4) is 11.5 Å². The average Bonchev–Trinajstić information content (AvgIpc) is 2.83. The minimum atomic E-state index is -4.02. The number of halogens is 2. The van der Waals surface area contributed by atoms with Crippen LogP contribution in [0, 0.1) is 11.6 Å². The smallest absolute Gasteiger partial charge is 0.261 e. The van der Waals surface area contributed by atoms with Gasteiger partial charge in [0, 0.05) is 0 Å². The Kier molecular flexibility index (Phi) is 6.72. The summed E-state index contributed by atoms with van der Waals surface area (Å²) in [7, 11) is -8.04. The molecule has 0 aromatic heterocycles. The summed E-state index contributed by atoms with van der Waals surface area (Å²) < 4.78 is 87.5. The monoisotopic (exact) mass is 516 g/mol. The Morgan fingerprint density at radius 1 is 0.514 bits per heavy atom. The molecule has 4 aromatic rings. The van der Waals surface area contributed by atoms with E-state index in [0.717, 1.165) is 12.1 Å². The van der Waals surface area contributed by atoms with Crippen LogP contribution >= 0.6 is 0 Å². The number of hydrogen-bond acceptors (Lipinski definition) is 5. The van der Waals surface area contributed by atoms with E-state index in [1.807, 2.05) is 0 Å². The molecule has 0 heterocycles. The van der Waals surface area contributed by atoms with Crippen molar-refractivity contribution in [2.75, 3.05) is 9.44 Å². The van der Waals surface area contributed by atoms with Gasteiger partial charge in [0.1, 0.15) is 23.1 Å². The van der Waals surface area contributed by atoms with Crippen LogP contribution in [0.4, 0.5) is 20.2 Å². The molecule has 0 unspecified atom stereocenters. The lowest BCUT2D eigenvalue weighted by Gasteiger charge is -2.11. The Morgan fingerprint density at radius 3 is 1.20 bits per heavy atom. The van der Waals surface area contributed by atoms with Gasteiger partial charge in [0.15, 0.2) is 0 Å². The van der Waals surface area contributed by atoms with Crippen LogP contribution in [0.3, 0.4) is 0 Å². The van der Waals surface area contributed by atoms with Crippen molar-refractivity contribution in [3.05, 3.63) is 109 Å². The molecule has 0 aliphatic carbocycles. The molecule has 0 aliphatic heterocycles. The minimum absolute atomic E-state index is 0.103. The van der Waals surface area contributed by atoms with Gasteiger partial charge in [-0.15, -0.1) is 0 Å².